The van der Waals surface area contributed by atoms with Crippen molar-refractivity contribution in [3.63, 3.8) is 0 Å². The van der Waals surface area contributed by atoms with Crippen LogP contribution in [0.2, 0.25) is 0 Å². The Morgan fingerprint density at radius 3 is 2.05 bits per heavy atom. The highest BCUT2D eigenvalue weighted by Gasteiger charge is 2.36. The maximum atomic E-state index is 13.7. The van der Waals surface area contributed by atoms with Gasteiger partial charge in [0.15, 0.2) is 0 Å². The van der Waals surface area contributed by atoms with Crippen LogP contribution in [0.25, 0.3) is 32.7 Å². The third-order valence-corrected chi connectivity index (χ3v) is 9.98. The number of nitrogens with one attached hydrogen (secondary N) is 5. The minimum atomic E-state index is -4.66. The number of fused-ring (bicyclic) bond motifs is 3. The molecule has 3 aromatic heterocycles. The lowest BCUT2D eigenvalue weighted by Gasteiger charge is -2.21. The summed E-state index contributed by atoms with van der Waals surface area (Å²) in [6.07, 6.45) is -4.78. The van der Waals surface area contributed by atoms with Crippen molar-refractivity contribution >= 4 is 61.6 Å². The Morgan fingerprint density at radius 1 is 0.690 bits per heavy atom. The van der Waals surface area contributed by atoms with Gasteiger partial charge in [0, 0.05) is 75.8 Å². The third kappa shape index (κ3) is 7.90. The van der Waals surface area contributed by atoms with Crippen LogP contribution in [0.5, 0.6) is 0 Å². The first-order chi connectivity index (χ1) is 27.5. The number of aryl methyl sites for hydroxylation is 1. The molecule has 2 amide bonds. The summed E-state index contributed by atoms with van der Waals surface area (Å²) in [6.45, 7) is 5.17. The van der Waals surface area contributed by atoms with Gasteiger partial charge in [-0.15, -0.1) is 0 Å². The average Bonchev–Trinajstić information content (AvgIpc) is 3.81. The lowest BCUT2D eigenvalue weighted by atomic mass is 10.1. The van der Waals surface area contributed by atoms with E-state index in [0.29, 0.717) is 52.1 Å². The van der Waals surface area contributed by atoms with Crippen molar-refractivity contribution in [1.82, 2.24) is 15.0 Å². The van der Waals surface area contributed by atoms with Crippen molar-refractivity contribution in [3.05, 3.63) is 146 Å². The zero-order valence-electron chi connectivity index (χ0n) is 30.8. The Kier molecular flexibility index (Phi) is 10.4. The molecule has 5 N–H and O–H groups in total. The molecule has 4 heterocycles. The number of carbonyl (C=O) groups is 2. The number of alkyl halides is 6. The summed E-state index contributed by atoms with van der Waals surface area (Å²) in [7, 11) is 0. The molecule has 58 heavy (non-hydrogen) atoms. The average molecular weight is 801 g/mol. The van der Waals surface area contributed by atoms with Crippen LogP contribution in [0.15, 0.2) is 107 Å². The molecule has 0 saturated carbocycles. The molecule has 0 radical (unpaired) electrons. The van der Waals surface area contributed by atoms with E-state index in [4.69, 9.17) is 0 Å². The number of amides is 2. The summed E-state index contributed by atoms with van der Waals surface area (Å²) in [5.74, 6) is -1.12. The molecular weight excluding hydrogens is 766 g/mol. The van der Waals surface area contributed by atoms with Crippen LogP contribution >= 0.6 is 0 Å². The number of hydrogen-bond acceptors (Lipinski definition) is 5. The van der Waals surface area contributed by atoms with E-state index in [1.54, 1.807) is 55.5 Å². The molecule has 0 bridgehead atoms. The molecule has 1 fully saturated rings. The maximum Gasteiger partial charge on any atom is 0.418 e. The zero-order valence-corrected chi connectivity index (χ0v) is 30.8. The van der Waals surface area contributed by atoms with Crippen LogP contribution in [0, 0.1) is 12.8 Å². The quantitative estimate of drug-likeness (QED) is 0.110. The summed E-state index contributed by atoms with van der Waals surface area (Å²) in [5.41, 5.74) is -0.573. The Balaban J connectivity index is 0.000000178. The lowest BCUT2D eigenvalue weighted by molar-refractivity contribution is -0.137. The fraction of sp³-hybridized carbons (Fsp3) is 0.190. The predicted molar refractivity (Wildman–Crippen MR) is 211 cm³/mol. The van der Waals surface area contributed by atoms with Crippen molar-refractivity contribution in [2.24, 2.45) is 5.92 Å². The molecule has 0 aliphatic carbocycles. The van der Waals surface area contributed by atoms with Gasteiger partial charge in [-0.05, 0) is 73.4 Å². The highest BCUT2D eigenvalue weighted by atomic mass is 19.4. The molecule has 7 aromatic rings. The molecule has 16 heteroatoms. The van der Waals surface area contributed by atoms with E-state index in [9.17, 15) is 45.5 Å². The molecule has 1 unspecified atom stereocenters. The number of para-hydroxylation sites is 1. The Hall–Kier alpha value is -6.84. The maximum absolute atomic E-state index is 13.7. The monoisotopic (exact) mass is 800 g/mol. The van der Waals surface area contributed by atoms with Crippen molar-refractivity contribution in [2.75, 3.05) is 28.6 Å². The summed E-state index contributed by atoms with van der Waals surface area (Å²) in [4.78, 5) is 60.7. The highest BCUT2D eigenvalue weighted by molar-refractivity contribution is 6.07. The number of H-pyrrole nitrogens is 3. The molecule has 10 nitrogen and oxygen atoms in total. The van der Waals surface area contributed by atoms with Crippen LogP contribution < -0.4 is 26.4 Å². The number of nitrogens with zero attached hydrogens (tertiary/aromatic N) is 1. The second-order valence-electron chi connectivity index (χ2n) is 14.0. The van der Waals surface area contributed by atoms with Gasteiger partial charge in [0.25, 0.3) is 11.8 Å². The molecule has 1 aliphatic rings. The van der Waals surface area contributed by atoms with Gasteiger partial charge in [0.2, 0.25) is 10.9 Å². The van der Waals surface area contributed by atoms with Crippen LogP contribution in [-0.2, 0) is 12.4 Å². The lowest BCUT2D eigenvalue weighted by Crippen LogP contribution is -2.24. The van der Waals surface area contributed by atoms with Gasteiger partial charge in [0.1, 0.15) is 11.1 Å². The van der Waals surface area contributed by atoms with E-state index in [-0.39, 0.29) is 33.4 Å². The number of carbonyl (C=O) groups excluding carboxylic acids is 2. The summed E-state index contributed by atoms with van der Waals surface area (Å²) < 4.78 is 80.0. The fourth-order valence-electron chi connectivity index (χ4n) is 7.01. The Labute approximate surface area is 324 Å². The largest absolute Gasteiger partial charge is 0.418 e. The standard InChI is InChI=1S/C23H22F3N3O2.C19H12F3N3O2/c1-13-8-9-29(12-13)15-6-7-18(17(10-15)23(24,25)26)28-22(31)16-11-27-19-5-3-4-14(2)20(19)21(16)30;20-19(21,22)14-9-24-16-7-10(5-6-11(14)16)25-18(27)13-8-23-15-4-2-1-3-12(15)17(13)26/h3-7,10-11,13H,8-9,12H2,1-2H3,(H,27,30)(H,28,31);1-9,24H,(H,23,26)(H,25,27). The highest BCUT2D eigenvalue weighted by Crippen LogP contribution is 2.39. The molecular formula is C42H34F6N6O4. The zero-order chi connectivity index (χ0) is 41.5. The van der Waals surface area contributed by atoms with Crippen LogP contribution in [-0.4, -0.2) is 39.9 Å². The van der Waals surface area contributed by atoms with Crippen LogP contribution in [0.4, 0.5) is 43.4 Å². The SMILES string of the molecule is Cc1cccc2[nH]cc(C(=O)Nc3ccc(N4CCC(C)C4)cc3C(F)(F)F)c(=O)c12.O=C(Nc1ccc2c(C(F)(F)F)c[nH]c2c1)c1c[nH]c2ccccc2c1=O. The normalized spacial score (nSPS) is 14.4. The molecule has 1 saturated heterocycles. The van der Waals surface area contributed by atoms with Crippen molar-refractivity contribution < 1.29 is 35.9 Å². The van der Waals surface area contributed by atoms with E-state index in [1.165, 1.54) is 36.7 Å². The number of aromatic amines is 3. The number of hydrogen-bond donors (Lipinski definition) is 5. The molecule has 4 aromatic carbocycles. The first kappa shape index (κ1) is 39.4. The van der Waals surface area contributed by atoms with Gasteiger partial charge in [-0.2, -0.15) is 26.3 Å². The number of anilines is 3. The van der Waals surface area contributed by atoms with Gasteiger partial charge in [-0.25, -0.2) is 0 Å². The van der Waals surface area contributed by atoms with Crippen molar-refractivity contribution in [2.45, 2.75) is 32.6 Å². The van der Waals surface area contributed by atoms with E-state index in [2.05, 4.69) is 32.5 Å². The van der Waals surface area contributed by atoms with E-state index >= 15 is 0 Å². The Morgan fingerprint density at radius 2 is 1.34 bits per heavy atom. The summed E-state index contributed by atoms with van der Waals surface area (Å²) >= 11 is 0. The molecule has 8 rings (SSSR count). The van der Waals surface area contributed by atoms with Crippen molar-refractivity contribution in [3.8, 4) is 0 Å². The first-order valence-electron chi connectivity index (χ1n) is 18.0. The molecule has 298 valence electrons. The van der Waals surface area contributed by atoms with E-state index in [0.717, 1.165) is 18.7 Å². The topological polar surface area (TPSA) is 143 Å². The molecule has 1 aliphatic heterocycles. The van der Waals surface area contributed by atoms with Gasteiger partial charge in [-0.1, -0.05) is 37.3 Å². The number of benzene rings is 4. The number of rotatable bonds is 5. The van der Waals surface area contributed by atoms with Crippen molar-refractivity contribution in [1.29, 1.82) is 0 Å². The van der Waals surface area contributed by atoms with Crippen LogP contribution in [0.1, 0.15) is 50.8 Å². The van der Waals surface area contributed by atoms with Gasteiger partial charge in [0.05, 0.1) is 16.8 Å². The molecule has 1 atom stereocenters. The predicted octanol–water partition coefficient (Wildman–Crippen LogP) is 9.23. The summed E-state index contributed by atoms with van der Waals surface area (Å²) in [5, 5.41) is 5.55. The van der Waals surface area contributed by atoms with E-state index < -0.39 is 46.2 Å². The summed E-state index contributed by atoms with van der Waals surface area (Å²) in [6, 6.07) is 19.9. The van der Waals surface area contributed by atoms with Crippen LogP contribution in [0.3, 0.4) is 0 Å². The smallest absolute Gasteiger partial charge is 0.371 e. The van der Waals surface area contributed by atoms with Gasteiger partial charge in [-0.3, -0.25) is 19.2 Å². The van der Waals surface area contributed by atoms with Gasteiger partial charge >= 0.3 is 12.4 Å². The second-order valence-corrected chi connectivity index (χ2v) is 14.0. The second kappa shape index (κ2) is 15.2. The number of halogens is 6. The van der Waals surface area contributed by atoms with Gasteiger partial charge < -0.3 is 30.5 Å². The minimum Gasteiger partial charge on any atom is -0.371 e. The minimum absolute atomic E-state index is 0.00375. The number of pyridine rings is 2. The first-order valence-corrected chi connectivity index (χ1v) is 18.0. The van der Waals surface area contributed by atoms with E-state index in [1.807, 2.05) is 4.90 Å². The number of aromatic nitrogens is 3. The fourth-order valence-corrected chi connectivity index (χ4v) is 7.01. The Bertz CT molecular complexity index is 2840. The third-order valence-electron chi connectivity index (χ3n) is 9.98. The molecule has 0 spiro atoms.